The van der Waals surface area contributed by atoms with Crippen LogP contribution in [0.3, 0.4) is 0 Å². The number of carbonyl (C=O) groups is 2. The molecular weight excluding hydrogens is 332 g/mol. The van der Waals surface area contributed by atoms with E-state index in [1.165, 1.54) is 18.0 Å². The van der Waals surface area contributed by atoms with Crippen LogP contribution in [0.25, 0.3) is 0 Å². The Hall–Kier alpha value is -2.96. The fourth-order valence-electron chi connectivity index (χ4n) is 3.37. The van der Waals surface area contributed by atoms with E-state index < -0.39 is 0 Å². The van der Waals surface area contributed by atoms with Gasteiger partial charge in [0.2, 0.25) is 5.91 Å². The summed E-state index contributed by atoms with van der Waals surface area (Å²) in [6.45, 7) is 2.82. The minimum absolute atomic E-state index is 0.0930. The Kier molecular flexibility index (Phi) is 4.51. The van der Waals surface area contributed by atoms with Gasteiger partial charge in [0, 0.05) is 45.0 Å². The van der Waals surface area contributed by atoms with E-state index in [1.54, 1.807) is 11.1 Å². The molecule has 0 spiro atoms. The fraction of sp³-hybridized carbons (Fsp3) is 0.368. The number of amides is 2. The molecule has 2 aliphatic heterocycles. The number of ether oxygens (including phenoxy) is 1. The number of carbonyl (C=O) groups excluding carboxylic acids is 2. The van der Waals surface area contributed by atoms with Gasteiger partial charge in [-0.1, -0.05) is 12.1 Å². The van der Waals surface area contributed by atoms with Gasteiger partial charge in [-0.25, -0.2) is 4.98 Å². The molecule has 0 aliphatic carbocycles. The molecule has 1 aromatic heterocycles. The zero-order valence-electron chi connectivity index (χ0n) is 14.4. The van der Waals surface area contributed by atoms with Crippen LogP contribution < -0.4 is 4.74 Å². The zero-order valence-corrected chi connectivity index (χ0v) is 14.4. The van der Waals surface area contributed by atoms with Crippen LogP contribution in [0, 0.1) is 0 Å². The van der Waals surface area contributed by atoms with Gasteiger partial charge in [-0.15, -0.1) is 0 Å². The minimum Gasteiger partial charge on any atom is -0.493 e. The molecule has 2 amide bonds. The first kappa shape index (κ1) is 16.5. The number of piperazine rings is 1. The second-order valence-electron chi connectivity index (χ2n) is 6.48. The summed E-state index contributed by atoms with van der Waals surface area (Å²) in [5, 5.41) is 0. The number of nitrogens with zero attached hydrogens (tertiary/aromatic N) is 4. The van der Waals surface area contributed by atoms with E-state index in [-0.39, 0.29) is 11.8 Å². The van der Waals surface area contributed by atoms with Crippen molar-refractivity contribution in [2.75, 3.05) is 32.8 Å². The van der Waals surface area contributed by atoms with E-state index >= 15 is 0 Å². The lowest BCUT2D eigenvalue weighted by molar-refractivity contribution is -0.131. The number of benzene rings is 1. The summed E-state index contributed by atoms with van der Waals surface area (Å²) >= 11 is 0. The molecule has 1 aromatic carbocycles. The van der Waals surface area contributed by atoms with Crippen LogP contribution in [0.5, 0.6) is 5.75 Å². The predicted molar refractivity (Wildman–Crippen MR) is 93.9 cm³/mol. The number of fused-ring (bicyclic) bond motifs is 1. The van der Waals surface area contributed by atoms with E-state index in [1.807, 2.05) is 17.0 Å². The second-order valence-corrected chi connectivity index (χ2v) is 6.48. The van der Waals surface area contributed by atoms with E-state index in [4.69, 9.17) is 4.74 Å². The third-order valence-electron chi connectivity index (χ3n) is 4.81. The van der Waals surface area contributed by atoms with Crippen LogP contribution >= 0.6 is 0 Å². The Morgan fingerprint density at radius 1 is 1.08 bits per heavy atom. The van der Waals surface area contributed by atoms with Crippen molar-refractivity contribution in [3.8, 4) is 5.75 Å². The summed E-state index contributed by atoms with van der Waals surface area (Å²) in [6, 6.07) is 5.96. The monoisotopic (exact) mass is 352 g/mol. The van der Waals surface area contributed by atoms with Gasteiger partial charge in [0.05, 0.1) is 19.2 Å². The molecule has 0 atom stereocenters. The molecular formula is C19H20N4O3. The van der Waals surface area contributed by atoms with Crippen molar-refractivity contribution in [3.05, 3.63) is 53.6 Å². The van der Waals surface area contributed by atoms with Crippen molar-refractivity contribution in [2.24, 2.45) is 0 Å². The Morgan fingerprint density at radius 2 is 1.88 bits per heavy atom. The maximum Gasteiger partial charge on any atom is 0.274 e. The standard InChI is InChI=1S/C19H20N4O3/c24-18(12-14-1-2-17-15(11-14)3-10-26-17)22-6-8-23(9-7-22)19(25)16-13-20-4-5-21-16/h1-2,4-5,11,13H,3,6-10,12H2. The maximum absolute atomic E-state index is 12.6. The highest BCUT2D eigenvalue weighted by Gasteiger charge is 2.25. The number of hydrogen-bond donors (Lipinski definition) is 0. The molecule has 0 saturated carbocycles. The van der Waals surface area contributed by atoms with Crippen molar-refractivity contribution in [1.82, 2.24) is 19.8 Å². The van der Waals surface area contributed by atoms with Crippen LogP contribution in [0.1, 0.15) is 21.6 Å². The van der Waals surface area contributed by atoms with Gasteiger partial charge >= 0.3 is 0 Å². The molecule has 1 fully saturated rings. The molecule has 2 aromatic rings. The largest absolute Gasteiger partial charge is 0.493 e. The summed E-state index contributed by atoms with van der Waals surface area (Å²) < 4.78 is 5.50. The first-order chi connectivity index (χ1) is 12.7. The third kappa shape index (κ3) is 3.37. The molecule has 4 rings (SSSR count). The lowest BCUT2D eigenvalue weighted by Crippen LogP contribution is -2.51. The molecule has 0 N–H and O–H groups in total. The quantitative estimate of drug-likeness (QED) is 0.822. The number of hydrogen-bond acceptors (Lipinski definition) is 5. The summed E-state index contributed by atoms with van der Waals surface area (Å²) in [6.07, 6.45) is 5.80. The molecule has 2 aliphatic rings. The minimum atomic E-state index is -0.135. The van der Waals surface area contributed by atoms with Crippen LogP contribution in [0.15, 0.2) is 36.8 Å². The van der Waals surface area contributed by atoms with E-state index in [0.29, 0.717) is 44.9 Å². The van der Waals surface area contributed by atoms with Gasteiger partial charge < -0.3 is 14.5 Å². The smallest absolute Gasteiger partial charge is 0.274 e. The van der Waals surface area contributed by atoms with Crippen LogP contribution in [0.2, 0.25) is 0 Å². The number of rotatable bonds is 3. The van der Waals surface area contributed by atoms with Crippen molar-refractivity contribution in [2.45, 2.75) is 12.8 Å². The molecule has 0 bridgehead atoms. The van der Waals surface area contributed by atoms with Crippen molar-refractivity contribution < 1.29 is 14.3 Å². The summed E-state index contributed by atoms with van der Waals surface area (Å²) in [4.78, 5) is 36.5. The zero-order chi connectivity index (χ0) is 17.9. The first-order valence-corrected chi connectivity index (χ1v) is 8.78. The number of aromatic nitrogens is 2. The topological polar surface area (TPSA) is 75.6 Å². The Labute approximate surface area is 151 Å². The lowest BCUT2D eigenvalue weighted by Gasteiger charge is -2.34. The first-order valence-electron chi connectivity index (χ1n) is 8.78. The van der Waals surface area contributed by atoms with Gasteiger partial charge in [0.25, 0.3) is 5.91 Å². The van der Waals surface area contributed by atoms with Crippen LogP contribution in [-0.2, 0) is 17.6 Å². The van der Waals surface area contributed by atoms with Gasteiger partial charge in [0.15, 0.2) is 0 Å². The second kappa shape index (κ2) is 7.11. The third-order valence-corrected chi connectivity index (χ3v) is 4.81. The van der Waals surface area contributed by atoms with E-state index in [9.17, 15) is 9.59 Å². The lowest BCUT2D eigenvalue weighted by atomic mass is 10.1. The van der Waals surface area contributed by atoms with Crippen molar-refractivity contribution in [1.29, 1.82) is 0 Å². The molecule has 26 heavy (non-hydrogen) atoms. The normalized spacial score (nSPS) is 16.2. The Bertz CT molecular complexity index is 817. The highest BCUT2D eigenvalue weighted by atomic mass is 16.5. The average Bonchev–Trinajstić information content (AvgIpc) is 3.16. The fourth-order valence-corrected chi connectivity index (χ4v) is 3.37. The highest BCUT2D eigenvalue weighted by Crippen LogP contribution is 2.26. The van der Waals surface area contributed by atoms with E-state index in [2.05, 4.69) is 16.0 Å². The van der Waals surface area contributed by atoms with Crippen molar-refractivity contribution >= 4 is 11.8 Å². The van der Waals surface area contributed by atoms with Crippen LogP contribution in [0.4, 0.5) is 0 Å². The van der Waals surface area contributed by atoms with Gasteiger partial charge in [0.1, 0.15) is 11.4 Å². The van der Waals surface area contributed by atoms with Gasteiger partial charge in [-0.05, 0) is 17.2 Å². The molecule has 3 heterocycles. The summed E-state index contributed by atoms with van der Waals surface area (Å²) in [5.74, 6) is 0.886. The van der Waals surface area contributed by atoms with Crippen LogP contribution in [-0.4, -0.2) is 64.4 Å². The SMILES string of the molecule is O=C(Cc1ccc2c(c1)CCO2)N1CCN(C(=O)c2cnccn2)CC1. The van der Waals surface area contributed by atoms with Crippen molar-refractivity contribution in [3.63, 3.8) is 0 Å². The molecule has 1 saturated heterocycles. The summed E-state index contributed by atoms with van der Waals surface area (Å²) in [7, 11) is 0. The average molecular weight is 352 g/mol. The molecule has 134 valence electrons. The van der Waals surface area contributed by atoms with Gasteiger partial charge in [-0.3, -0.25) is 14.6 Å². The molecule has 0 unspecified atom stereocenters. The summed E-state index contributed by atoms with van der Waals surface area (Å²) in [5.41, 5.74) is 2.53. The Balaban J connectivity index is 1.33. The maximum atomic E-state index is 12.6. The molecule has 7 heteroatoms. The van der Waals surface area contributed by atoms with E-state index in [0.717, 1.165) is 17.7 Å². The highest BCUT2D eigenvalue weighted by molar-refractivity contribution is 5.92. The van der Waals surface area contributed by atoms with Gasteiger partial charge in [-0.2, -0.15) is 0 Å². The molecule has 0 radical (unpaired) electrons. The predicted octanol–water partition coefficient (Wildman–Crippen LogP) is 0.939. The Morgan fingerprint density at radius 3 is 2.65 bits per heavy atom. The molecule has 7 nitrogen and oxygen atoms in total.